The molecule has 0 aliphatic carbocycles. The maximum absolute atomic E-state index is 2.39. The highest BCUT2D eigenvalue weighted by atomic mass is 15.3. The van der Waals surface area contributed by atoms with Crippen molar-refractivity contribution in [3.8, 4) is 0 Å². The van der Waals surface area contributed by atoms with Gasteiger partial charge in [0.2, 0.25) is 0 Å². The molecule has 0 fully saturated rings. The van der Waals surface area contributed by atoms with E-state index in [-0.39, 0.29) is 0 Å². The van der Waals surface area contributed by atoms with Crippen LogP contribution in [0.4, 0.5) is 0 Å². The van der Waals surface area contributed by atoms with Gasteiger partial charge in [-0.15, -0.1) is 0 Å². The van der Waals surface area contributed by atoms with Gasteiger partial charge in [0.15, 0.2) is 0 Å². The van der Waals surface area contributed by atoms with Gasteiger partial charge in [-0.3, -0.25) is 0 Å². The molecular formula is C11H22N2. The van der Waals surface area contributed by atoms with E-state index in [1.54, 1.807) is 0 Å². The molecular weight excluding hydrogens is 160 g/mol. The van der Waals surface area contributed by atoms with E-state index in [0.29, 0.717) is 6.04 Å². The third kappa shape index (κ3) is 3.29. The van der Waals surface area contributed by atoms with Gasteiger partial charge in [-0.05, 0) is 26.2 Å². The minimum Gasteiger partial charge on any atom is -0.359 e. The van der Waals surface area contributed by atoms with Crippen LogP contribution in [0.25, 0.3) is 0 Å². The minimum absolute atomic E-state index is 0.625. The first kappa shape index (κ1) is 10.4. The summed E-state index contributed by atoms with van der Waals surface area (Å²) in [6.07, 6.45) is 5.70. The highest BCUT2D eigenvalue weighted by Crippen LogP contribution is 2.12. The standard InChI is InChI=1S/C11H22N2/c1-10(2)5-6-12-7-8-13(9-12)11(3)4/h7-8,10-11H,5-6,9H2,1-4H3. The van der Waals surface area contributed by atoms with Crippen molar-refractivity contribution in [1.82, 2.24) is 9.80 Å². The third-order valence-corrected chi connectivity index (χ3v) is 2.47. The highest BCUT2D eigenvalue weighted by molar-refractivity contribution is 4.91. The predicted octanol–water partition coefficient (Wildman–Crippen LogP) is 2.49. The molecule has 1 aliphatic rings. The Hall–Kier alpha value is -0.660. The van der Waals surface area contributed by atoms with Crippen LogP contribution >= 0.6 is 0 Å². The molecule has 1 rings (SSSR count). The van der Waals surface area contributed by atoms with Crippen LogP contribution in [-0.4, -0.2) is 29.1 Å². The van der Waals surface area contributed by atoms with Crippen LogP contribution in [0.1, 0.15) is 34.1 Å². The zero-order chi connectivity index (χ0) is 9.84. The van der Waals surface area contributed by atoms with Crippen molar-refractivity contribution in [3.05, 3.63) is 12.4 Å². The molecule has 0 aromatic rings. The molecule has 0 unspecified atom stereocenters. The summed E-state index contributed by atoms with van der Waals surface area (Å²) in [5.41, 5.74) is 0. The summed E-state index contributed by atoms with van der Waals surface area (Å²) in [6.45, 7) is 11.3. The van der Waals surface area contributed by atoms with Gasteiger partial charge < -0.3 is 9.80 Å². The van der Waals surface area contributed by atoms with Gasteiger partial charge in [0, 0.05) is 25.0 Å². The van der Waals surface area contributed by atoms with Gasteiger partial charge >= 0.3 is 0 Å². The van der Waals surface area contributed by atoms with E-state index in [2.05, 4.69) is 49.9 Å². The van der Waals surface area contributed by atoms with Gasteiger partial charge in [0.25, 0.3) is 0 Å². The van der Waals surface area contributed by atoms with Crippen LogP contribution in [0.2, 0.25) is 0 Å². The molecule has 1 heterocycles. The summed E-state index contributed by atoms with van der Waals surface area (Å²) < 4.78 is 0. The molecule has 0 amide bonds. The largest absolute Gasteiger partial charge is 0.359 e. The second-order valence-corrected chi connectivity index (χ2v) is 4.54. The monoisotopic (exact) mass is 182 g/mol. The van der Waals surface area contributed by atoms with Crippen LogP contribution in [0.3, 0.4) is 0 Å². The number of hydrogen-bond donors (Lipinski definition) is 0. The third-order valence-electron chi connectivity index (χ3n) is 2.47. The smallest absolute Gasteiger partial charge is 0.0896 e. The lowest BCUT2D eigenvalue weighted by molar-refractivity contribution is 0.224. The quantitative estimate of drug-likeness (QED) is 0.659. The molecule has 13 heavy (non-hydrogen) atoms. The van der Waals surface area contributed by atoms with Crippen molar-refractivity contribution in [2.24, 2.45) is 5.92 Å². The summed E-state index contributed by atoms with van der Waals surface area (Å²) in [6, 6.07) is 0.625. The van der Waals surface area contributed by atoms with Crippen molar-refractivity contribution >= 4 is 0 Å². The Kier molecular flexibility index (Phi) is 3.64. The molecule has 2 nitrogen and oxygen atoms in total. The Morgan fingerprint density at radius 1 is 1.15 bits per heavy atom. The molecule has 0 aromatic heterocycles. The molecule has 0 saturated heterocycles. The van der Waals surface area contributed by atoms with Gasteiger partial charge in [0.05, 0.1) is 6.67 Å². The van der Waals surface area contributed by atoms with Crippen LogP contribution in [0.15, 0.2) is 12.4 Å². The van der Waals surface area contributed by atoms with E-state index in [4.69, 9.17) is 0 Å². The molecule has 2 heteroatoms. The minimum atomic E-state index is 0.625. The zero-order valence-electron chi connectivity index (χ0n) is 9.33. The normalized spacial score (nSPS) is 16.8. The van der Waals surface area contributed by atoms with Crippen molar-refractivity contribution in [2.45, 2.75) is 40.2 Å². The summed E-state index contributed by atoms with van der Waals surface area (Å²) in [4.78, 5) is 4.75. The van der Waals surface area contributed by atoms with E-state index < -0.39 is 0 Å². The first-order valence-corrected chi connectivity index (χ1v) is 5.27. The van der Waals surface area contributed by atoms with Crippen molar-refractivity contribution in [2.75, 3.05) is 13.2 Å². The molecule has 0 spiro atoms. The maximum atomic E-state index is 2.39. The van der Waals surface area contributed by atoms with E-state index in [0.717, 1.165) is 12.6 Å². The highest BCUT2D eigenvalue weighted by Gasteiger charge is 2.13. The Bertz CT molecular complexity index is 173. The summed E-state index contributed by atoms with van der Waals surface area (Å²) >= 11 is 0. The molecule has 1 aliphatic heterocycles. The van der Waals surface area contributed by atoms with Gasteiger partial charge in [-0.2, -0.15) is 0 Å². The SMILES string of the molecule is CC(C)CCN1C=CN(C(C)C)C1. The van der Waals surface area contributed by atoms with E-state index in [9.17, 15) is 0 Å². The Labute approximate surface area is 82.2 Å². The average molecular weight is 182 g/mol. The molecule has 0 bridgehead atoms. The fraction of sp³-hybridized carbons (Fsp3) is 0.818. The predicted molar refractivity (Wildman–Crippen MR) is 57.1 cm³/mol. The number of rotatable bonds is 4. The maximum Gasteiger partial charge on any atom is 0.0896 e. The lowest BCUT2D eigenvalue weighted by Crippen LogP contribution is -2.30. The first-order valence-electron chi connectivity index (χ1n) is 5.27. The van der Waals surface area contributed by atoms with Crippen molar-refractivity contribution in [1.29, 1.82) is 0 Å². The second-order valence-electron chi connectivity index (χ2n) is 4.54. The topological polar surface area (TPSA) is 6.48 Å². The zero-order valence-corrected chi connectivity index (χ0v) is 9.33. The van der Waals surface area contributed by atoms with E-state index in [1.807, 2.05) is 0 Å². The lowest BCUT2D eigenvalue weighted by Gasteiger charge is -2.24. The lowest BCUT2D eigenvalue weighted by atomic mass is 10.1. The average Bonchev–Trinajstić information content (AvgIpc) is 2.48. The van der Waals surface area contributed by atoms with Crippen LogP contribution < -0.4 is 0 Å². The number of hydrogen-bond acceptors (Lipinski definition) is 2. The summed E-state index contributed by atoms with van der Waals surface area (Å²) in [7, 11) is 0. The Morgan fingerprint density at radius 2 is 1.85 bits per heavy atom. The van der Waals surface area contributed by atoms with E-state index in [1.165, 1.54) is 13.0 Å². The second kappa shape index (κ2) is 4.54. The fourth-order valence-electron chi connectivity index (χ4n) is 1.39. The van der Waals surface area contributed by atoms with Crippen LogP contribution in [0.5, 0.6) is 0 Å². The molecule has 76 valence electrons. The van der Waals surface area contributed by atoms with Crippen molar-refractivity contribution < 1.29 is 0 Å². The van der Waals surface area contributed by atoms with Crippen molar-refractivity contribution in [3.63, 3.8) is 0 Å². The Balaban J connectivity index is 2.23. The molecule has 0 radical (unpaired) electrons. The fourth-order valence-corrected chi connectivity index (χ4v) is 1.39. The Morgan fingerprint density at radius 3 is 2.31 bits per heavy atom. The number of nitrogens with zero attached hydrogens (tertiary/aromatic N) is 2. The summed E-state index contributed by atoms with van der Waals surface area (Å²) in [5.74, 6) is 0.807. The summed E-state index contributed by atoms with van der Waals surface area (Å²) in [5, 5.41) is 0. The van der Waals surface area contributed by atoms with Crippen LogP contribution in [0, 0.1) is 5.92 Å². The van der Waals surface area contributed by atoms with Gasteiger partial charge in [-0.25, -0.2) is 0 Å². The molecule has 0 atom stereocenters. The molecule has 0 saturated carbocycles. The molecule has 0 N–H and O–H groups in total. The molecule has 0 aromatic carbocycles. The van der Waals surface area contributed by atoms with E-state index >= 15 is 0 Å². The van der Waals surface area contributed by atoms with Gasteiger partial charge in [-0.1, -0.05) is 13.8 Å². The van der Waals surface area contributed by atoms with Crippen LogP contribution in [-0.2, 0) is 0 Å². The van der Waals surface area contributed by atoms with Gasteiger partial charge in [0.1, 0.15) is 0 Å². The first-order chi connectivity index (χ1) is 6.09.